The van der Waals surface area contributed by atoms with Gasteiger partial charge in [0.25, 0.3) is 0 Å². The zero-order chi connectivity index (χ0) is 14.3. The Morgan fingerprint density at radius 1 is 1.15 bits per heavy atom. The number of carbonyl (C=O) groups is 1. The van der Waals surface area contributed by atoms with Crippen LogP contribution in [0, 0.1) is 11.6 Å². The third-order valence-electron chi connectivity index (χ3n) is 4.03. The summed E-state index contributed by atoms with van der Waals surface area (Å²) < 4.78 is 26.9. The van der Waals surface area contributed by atoms with Crippen LogP contribution in [0.5, 0.6) is 0 Å². The number of hydrogen-bond donors (Lipinski definition) is 1. The first-order valence-corrected chi connectivity index (χ1v) is 6.78. The van der Waals surface area contributed by atoms with Crippen molar-refractivity contribution < 1.29 is 13.6 Å². The maximum absolute atomic E-state index is 13.7. The Bertz CT molecular complexity index is 537. The molecular formula is C14H17F2N3O. The molecule has 0 aromatic heterocycles. The molecule has 1 aliphatic carbocycles. The highest BCUT2D eigenvalue weighted by Crippen LogP contribution is 2.34. The summed E-state index contributed by atoms with van der Waals surface area (Å²) in [5.74, 6) is -0.917. The first-order chi connectivity index (χ1) is 9.49. The Labute approximate surface area is 116 Å². The first-order valence-electron chi connectivity index (χ1n) is 6.78. The van der Waals surface area contributed by atoms with E-state index in [1.54, 1.807) is 9.80 Å². The number of carbonyl (C=O) groups excluding carboxylic acids is 1. The lowest BCUT2D eigenvalue weighted by Gasteiger charge is -2.37. The second kappa shape index (κ2) is 4.70. The predicted octanol–water partition coefficient (Wildman–Crippen LogP) is 1.10. The Morgan fingerprint density at radius 3 is 2.40 bits per heavy atom. The number of benzene rings is 1. The summed E-state index contributed by atoms with van der Waals surface area (Å²) in [6.07, 6.45) is 1.48. The number of hydrogen-bond acceptors (Lipinski definition) is 3. The van der Waals surface area contributed by atoms with Crippen molar-refractivity contribution in [3.8, 4) is 0 Å². The van der Waals surface area contributed by atoms with Crippen molar-refractivity contribution in [2.45, 2.75) is 18.4 Å². The number of halogens is 2. The fourth-order valence-corrected chi connectivity index (χ4v) is 2.54. The van der Waals surface area contributed by atoms with Gasteiger partial charge in [0.2, 0.25) is 5.91 Å². The molecule has 1 saturated heterocycles. The number of amides is 1. The van der Waals surface area contributed by atoms with Gasteiger partial charge >= 0.3 is 0 Å². The Kier molecular flexibility index (Phi) is 3.12. The van der Waals surface area contributed by atoms with Gasteiger partial charge in [-0.1, -0.05) is 0 Å². The van der Waals surface area contributed by atoms with Gasteiger partial charge in [0.1, 0.15) is 11.6 Å². The average Bonchev–Trinajstić information content (AvgIpc) is 3.20. The highest BCUT2D eigenvalue weighted by atomic mass is 19.1. The number of nitrogens with zero attached hydrogens (tertiary/aromatic N) is 2. The molecule has 20 heavy (non-hydrogen) atoms. The molecule has 1 aromatic carbocycles. The maximum atomic E-state index is 13.7. The quantitative estimate of drug-likeness (QED) is 0.883. The summed E-state index contributed by atoms with van der Waals surface area (Å²) in [7, 11) is 0. The standard InChI is InChI=1S/C14H17F2N3O/c15-10-1-2-11(16)12(9-10)18-5-7-19(8-6-18)13(20)14(17)3-4-14/h1-2,9H,3-8,17H2. The Balaban J connectivity index is 1.66. The van der Waals surface area contributed by atoms with Crippen LogP contribution in [0.3, 0.4) is 0 Å². The molecule has 2 aliphatic rings. The van der Waals surface area contributed by atoms with E-state index in [9.17, 15) is 13.6 Å². The van der Waals surface area contributed by atoms with Gasteiger partial charge < -0.3 is 15.5 Å². The smallest absolute Gasteiger partial charge is 0.242 e. The van der Waals surface area contributed by atoms with Gasteiger partial charge in [-0.3, -0.25) is 4.79 Å². The van der Waals surface area contributed by atoms with E-state index in [2.05, 4.69) is 0 Å². The van der Waals surface area contributed by atoms with E-state index in [1.807, 2.05) is 0 Å². The molecule has 6 heteroatoms. The van der Waals surface area contributed by atoms with Crippen molar-refractivity contribution in [3.63, 3.8) is 0 Å². The van der Waals surface area contributed by atoms with E-state index in [-0.39, 0.29) is 11.6 Å². The third kappa shape index (κ3) is 2.35. The topological polar surface area (TPSA) is 49.6 Å². The van der Waals surface area contributed by atoms with Crippen molar-refractivity contribution in [1.29, 1.82) is 0 Å². The van der Waals surface area contributed by atoms with Crippen LogP contribution in [0.2, 0.25) is 0 Å². The minimum absolute atomic E-state index is 0.0168. The Hall–Kier alpha value is -1.69. The molecule has 1 aliphatic heterocycles. The molecule has 0 spiro atoms. The van der Waals surface area contributed by atoms with E-state index in [4.69, 9.17) is 5.73 Å². The summed E-state index contributed by atoms with van der Waals surface area (Å²) in [6, 6.07) is 3.42. The van der Waals surface area contributed by atoms with Gasteiger partial charge in [-0.25, -0.2) is 8.78 Å². The van der Waals surface area contributed by atoms with Crippen LogP contribution in [-0.4, -0.2) is 42.5 Å². The van der Waals surface area contributed by atoms with Gasteiger partial charge in [0.15, 0.2) is 0 Å². The number of rotatable bonds is 2. The molecule has 0 atom stereocenters. The number of anilines is 1. The van der Waals surface area contributed by atoms with E-state index < -0.39 is 17.2 Å². The second-order valence-electron chi connectivity index (χ2n) is 5.53. The van der Waals surface area contributed by atoms with Crippen LogP contribution in [0.1, 0.15) is 12.8 Å². The second-order valence-corrected chi connectivity index (χ2v) is 5.53. The van der Waals surface area contributed by atoms with Crippen molar-refractivity contribution in [2.24, 2.45) is 5.73 Å². The van der Waals surface area contributed by atoms with Crippen molar-refractivity contribution in [1.82, 2.24) is 4.90 Å². The van der Waals surface area contributed by atoms with Gasteiger partial charge in [-0.15, -0.1) is 0 Å². The molecule has 1 saturated carbocycles. The SMILES string of the molecule is NC1(C(=O)N2CCN(c3cc(F)ccc3F)CC2)CC1. The largest absolute Gasteiger partial charge is 0.366 e. The minimum Gasteiger partial charge on any atom is -0.366 e. The van der Waals surface area contributed by atoms with Gasteiger partial charge in [-0.05, 0) is 25.0 Å². The fourth-order valence-electron chi connectivity index (χ4n) is 2.54. The van der Waals surface area contributed by atoms with Crippen molar-refractivity contribution >= 4 is 11.6 Å². The van der Waals surface area contributed by atoms with Crippen LogP contribution in [0.15, 0.2) is 18.2 Å². The molecule has 0 radical (unpaired) electrons. The van der Waals surface area contributed by atoms with E-state index in [0.717, 1.165) is 25.0 Å². The molecule has 0 unspecified atom stereocenters. The predicted molar refractivity (Wildman–Crippen MR) is 71.3 cm³/mol. The van der Waals surface area contributed by atoms with Crippen molar-refractivity contribution in [3.05, 3.63) is 29.8 Å². The third-order valence-corrected chi connectivity index (χ3v) is 4.03. The highest BCUT2D eigenvalue weighted by Gasteiger charge is 2.48. The van der Waals surface area contributed by atoms with E-state index in [0.29, 0.717) is 26.2 Å². The zero-order valence-corrected chi connectivity index (χ0v) is 11.1. The molecular weight excluding hydrogens is 264 g/mol. The van der Waals surface area contributed by atoms with Gasteiger partial charge in [0, 0.05) is 32.2 Å². The number of piperazine rings is 1. The van der Waals surface area contributed by atoms with Crippen LogP contribution in [0.4, 0.5) is 14.5 Å². The van der Waals surface area contributed by atoms with Crippen LogP contribution in [0.25, 0.3) is 0 Å². The highest BCUT2D eigenvalue weighted by molar-refractivity contribution is 5.89. The molecule has 1 heterocycles. The summed E-state index contributed by atoms with van der Waals surface area (Å²) in [4.78, 5) is 15.6. The first kappa shape index (κ1) is 13.3. The summed E-state index contributed by atoms with van der Waals surface area (Å²) in [6.45, 7) is 1.96. The monoisotopic (exact) mass is 281 g/mol. The average molecular weight is 281 g/mol. The summed E-state index contributed by atoms with van der Waals surface area (Å²) in [5, 5.41) is 0. The fraction of sp³-hybridized carbons (Fsp3) is 0.500. The lowest BCUT2D eigenvalue weighted by Crippen LogP contribution is -2.54. The molecule has 108 valence electrons. The summed E-state index contributed by atoms with van der Waals surface area (Å²) >= 11 is 0. The molecule has 2 fully saturated rings. The minimum atomic E-state index is -0.660. The van der Waals surface area contributed by atoms with Crippen LogP contribution in [-0.2, 0) is 4.79 Å². The summed E-state index contributed by atoms with van der Waals surface area (Å²) in [5.41, 5.74) is 5.49. The molecule has 0 bridgehead atoms. The lowest BCUT2D eigenvalue weighted by molar-refractivity contribution is -0.133. The zero-order valence-electron chi connectivity index (χ0n) is 11.1. The van der Waals surface area contributed by atoms with Crippen molar-refractivity contribution in [2.75, 3.05) is 31.1 Å². The van der Waals surface area contributed by atoms with Crippen LogP contribution < -0.4 is 10.6 Å². The Morgan fingerprint density at radius 2 is 1.80 bits per heavy atom. The van der Waals surface area contributed by atoms with Gasteiger partial charge in [-0.2, -0.15) is 0 Å². The molecule has 2 N–H and O–H groups in total. The van der Waals surface area contributed by atoms with E-state index >= 15 is 0 Å². The maximum Gasteiger partial charge on any atom is 0.242 e. The van der Waals surface area contributed by atoms with Gasteiger partial charge in [0.05, 0.1) is 11.2 Å². The molecule has 3 rings (SSSR count). The normalized spacial score (nSPS) is 20.9. The van der Waals surface area contributed by atoms with E-state index in [1.165, 1.54) is 6.07 Å². The molecule has 1 amide bonds. The molecule has 4 nitrogen and oxygen atoms in total. The van der Waals surface area contributed by atoms with Crippen LogP contribution >= 0.6 is 0 Å². The number of nitrogens with two attached hydrogens (primary N) is 1. The molecule has 1 aromatic rings. The lowest BCUT2D eigenvalue weighted by atomic mass is 10.2.